The Labute approximate surface area is 103 Å². The Balaban J connectivity index is 2.03. The van der Waals surface area contributed by atoms with Crippen molar-refractivity contribution in [2.45, 2.75) is 13.0 Å². The van der Waals surface area contributed by atoms with E-state index in [1.165, 1.54) is 6.07 Å². The number of imidazole rings is 1. The zero-order valence-electron chi connectivity index (χ0n) is 9.71. The molecule has 2 rings (SSSR count). The maximum Gasteiger partial charge on any atom is 0.272 e. The maximum atomic E-state index is 11.8. The Hall–Kier alpha value is -2.48. The van der Waals surface area contributed by atoms with Crippen LogP contribution in [0.3, 0.4) is 0 Å². The number of hydrazine groups is 1. The first-order valence-corrected chi connectivity index (χ1v) is 5.31. The molecule has 1 atom stereocenters. The first kappa shape index (κ1) is 12.0. The highest BCUT2D eigenvalue weighted by molar-refractivity contribution is 5.92. The SMILES string of the molecule is CC(NC(=O)c1ccc(NN)nn1)c1ncc[nH]1. The molecular formula is C10H13N7O. The van der Waals surface area contributed by atoms with Gasteiger partial charge < -0.3 is 15.7 Å². The predicted molar refractivity (Wildman–Crippen MR) is 64.3 cm³/mol. The van der Waals surface area contributed by atoms with E-state index in [9.17, 15) is 4.79 Å². The number of amides is 1. The van der Waals surface area contributed by atoms with Crippen molar-refractivity contribution in [1.82, 2.24) is 25.5 Å². The fourth-order valence-corrected chi connectivity index (χ4v) is 1.38. The second-order valence-electron chi connectivity index (χ2n) is 3.62. The van der Waals surface area contributed by atoms with Gasteiger partial charge in [0.05, 0.1) is 6.04 Å². The summed E-state index contributed by atoms with van der Waals surface area (Å²) in [6, 6.07) is 2.87. The van der Waals surface area contributed by atoms with Crippen LogP contribution in [0.1, 0.15) is 29.3 Å². The first-order valence-electron chi connectivity index (χ1n) is 5.31. The number of H-pyrrole nitrogens is 1. The van der Waals surface area contributed by atoms with Crippen LogP contribution in [0, 0.1) is 0 Å². The molecule has 5 N–H and O–H groups in total. The number of hydrogen-bond donors (Lipinski definition) is 4. The molecule has 0 bridgehead atoms. The van der Waals surface area contributed by atoms with Crippen LogP contribution in [0.25, 0.3) is 0 Å². The predicted octanol–water partition coefficient (Wildman–Crippen LogP) is -0.0237. The van der Waals surface area contributed by atoms with E-state index in [0.717, 1.165) is 0 Å². The minimum absolute atomic E-state index is 0.215. The zero-order chi connectivity index (χ0) is 13.0. The van der Waals surface area contributed by atoms with Gasteiger partial charge in [-0.25, -0.2) is 10.8 Å². The second-order valence-corrected chi connectivity index (χ2v) is 3.62. The largest absolute Gasteiger partial charge is 0.347 e. The minimum Gasteiger partial charge on any atom is -0.347 e. The Morgan fingerprint density at radius 1 is 1.44 bits per heavy atom. The monoisotopic (exact) mass is 247 g/mol. The topological polar surface area (TPSA) is 122 Å². The third-order valence-corrected chi connectivity index (χ3v) is 2.32. The molecule has 0 aliphatic heterocycles. The van der Waals surface area contributed by atoms with E-state index in [4.69, 9.17) is 5.84 Å². The Morgan fingerprint density at radius 2 is 2.28 bits per heavy atom. The highest BCUT2D eigenvalue weighted by atomic mass is 16.2. The normalized spacial score (nSPS) is 11.9. The fraction of sp³-hybridized carbons (Fsp3) is 0.200. The lowest BCUT2D eigenvalue weighted by atomic mass is 10.3. The minimum atomic E-state index is -0.324. The van der Waals surface area contributed by atoms with E-state index in [0.29, 0.717) is 11.6 Å². The van der Waals surface area contributed by atoms with Crippen molar-refractivity contribution in [3.05, 3.63) is 36.0 Å². The number of nitrogens with two attached hydrogens (primary N) is 1. The summed E-state index contributed by atoms with van der Waals surface area (Å²) in [6.07, 6.45) is 3.32. The van der Waals surface area contributed by atoms with E-state index in [1.807, 2.05) is 6.92 Å². The van der Waals surface area contributed by atoms with Gasteiger partial charge in [0.25, 0.3) is 5.91 Å². The number of nitrogen functional groups attached to an aromatic ring is 1. The molecule has 8 heteroatoms. The molecule has 0 aliphatic carbocycles. The van der Waals surface area contributed by atoms with Crippen molar-refractivity contribution >= 4 is 11.7 Å². The molecule has 1 unspecified atom stereocenters. The number of carbonyl (C=O) groups is 1. The van der Waals surface area contributed by atoms with Crippen molar-refractivity contribution in [2.75, 3.05) is 5.43 Å². The van der Waals surface area contributed by atoms with Crippen LogP contribution in [0.2, 0.25) is 0 Å². The fourth-order valence-electron chi connectivity index (χ4n) is 1.38. The summed E-state index contributed by atoms with van der Waals surface area (Å²) in [5, 5.41) is 10.2. The smallest absolute Gasteiger partial charge is 0.272 e. The molecule has 0 saturated heterocycles. The lowest BCUT2D eigenvalue weighted by Crippen LogP contribution is -2.28. The molecule has 0 spiro atoms. The summed E-state index contributed by atoms with van der Waals surface area (Å²) >= 11 is 0. The van der Waals surface area contributed by atoms with Crippen LogP contribution < -0.4 is 16.6 Å². The van der Waals surface area contributed by atoms with Gasteiger partial charge in [0.1, 0.15) is 5.82 Å². The molecule has 18 heavy (non-hydrogen) atoms. The van der Waals surface area contributed by atoms with Gasteiger partial charge in [0.2, 0.25) is 0 Å². The Morgan fingerprint density at radius 3 is 2.83 bits per heavy atom. The van der Waals surface area contributed by atoms with Gasteiger partial charge in [0, 0.05) is 12.4 Å². The molecule has 2 aromatic rings. The Bertz CT molecular complexity index is 508. The van der Waals surface area contributed by atoms with E-state index in [1.54, 1.807) is 18.5 Å². The molecule has 0 aromatic carbocycles. The van der Waals surface area contributed by atoms with Gasteiger partial charge in [-0.3, -0.25) is 4.79 Å². The third kappa shape index (κ3) is 2.61. The third-order valence-electron chi connectivity index (χ3n) is 2.32. The van der Waals surface area contributed by atoms with E-state index >= 15 is 0 Å². The standard InChI is InChI=1S/C10H13N7O/c1-6(9-12-4-5-13-9)14-10(18)7-2-3-8(15-11)17-16-7/h2-6H,11H2,1H3,(H,12,13)(H,14,18)(H,15,17). The second kappa shape index (κ2) is 5.23. The molecule has 0 fully saturated rings. The van der Waals surface area contributed by atoms with Gasteiger partial charge in [0.15, 0.2) is 11.5 Å². The van der Waals surface area contributed by atoms with Crippen LogP contribution >= 0.6 is 0 Å². The number of hydrogen-bond acceptors (Lipinski definition) is 6. The highest BCUT2D eigenvalue weighted by Gasteiger charge is 2.14. The number of aromatic amines is 1. The molecular weight excluding hydrogens is 234 g/mol. The van der Waals surface area contributed by atoms with Gasteiger partial charge >= 0.3 is 0 Å². The zero-order valence-corrected chi connectivity index (χ0v) is 9.71. The van der Waals surface area contributed by atoms with Crippen molar-refractivity contribution in [1.29, 1.82) is 0 Å². The average molecular weight is 247 g/mol. The van der Waals surface area contributed by atoms with Crippen LogP contribution in [-0.4, -0.2) is 26.1 Å². The van der Waals surface area contributed by atoms with Crippen molar-refractivity contribution < 1.29 is 4.79 Å². The number of anilines is 1. The lowest BCUT2D eigenvalue weighted by molar-refractivity contribution is 0.0932. The molecule has 0 saturated carbocycles. The van der Waals surface area contributed by atoms with Crippen molar-refractivity contribution in [3.63, 3.8) is 0 Å². The van der Waals surface area contributed by atoms with Gasteiger partial charge in [-0.2, -0.15) is 0 Å². The summed E-state index contributed by atoms with van der Waals surface area (Å²) in [5.41, 5.74) is 2.55. The van der Waals surface area contributed by atoms with Crippen molar-refractivity contribution in [3.8, 4) is 0 Å². The van der Waals surface area contributed by atoms with E-state index in [-0.39, 0.29) is 17.6 Å². The van der Waals surface area contributed by atoms with Crippen LogP contribution in [0.5, 0.6) is 0 Å². The summed E-state index contributed by atoms with van der Waals surface area (Å²) in [5.74, 6) is 5.90. The van der Waals surface area contributed by atoms with Crippen LogP contribution in [0.4, 0.5) is 5.82 Å². The lowest BCUT2D eigenvalue weighted by Gasteiger charge is -2.10. The quantitative estimate of drug-likeness (QED) is 0.445. The van der Waals surface area contributed by atoms with Gasteiger partial charge in [-0.05, 0) is 19.1 Å². The molecule has 2 aromatic heterocycles. The molecule has 0 aliphatic rings. The highest BCUT2D eigenvalue weighted by Crippen LogP contribution is 2.07. The maximum absolute atomic E-state index is 11.8. The number of carbonyl (C=O) groups excluding carboxylic acids is 1. The van der Waals surface area contributed by atoms with Gasteiger partial charge in [-0.15, -0.1) is 10.2 Å². The number of nitrogens with zero attached hydrogens (tertiary/aromatic N) is 3. The first-order chi connectivity index (χ1) is 8.70. The van der Waals surface area contributed by atoms with E-state index in [2.05, 4.69) is 30.9 Å². The molecule has 94 valence electrons. The number of aromatic nitrogens is 4. The molecule has 0 radical (unpaired) electrons. The summed E-state index contributed by atoms with van der Waals surface area (Å²) < 4.78 is 0. The summed E-state index contributed by atoms with van der Waals surface area (Å²) in [4.78, 5) is 18.8. The van der Waals surface area contributed by atoms with Crippen LogP contribution in [-0.2, 0) is 0 Å². The van der Waals surface area contributed by atoms with E-state index < -0.39 is 0 Å². The molecule has 1 amide bonds. The summed E-state index contributed by atoms with van der Waals surface area (Å²) in [7, 11) is 0. The molecule has 8 nitrogen and oxygen atoms in total. The van der Waals surface area contributed by atoms with Gasteiger partial charge in [-0.1, -0.05) is 0 Å². The Kier molecular flexibility index (Phi) is 3.49. The van der Waals surface area contributed by atoms with Crippen molar-refractivity contribution in [2.24, 2.45) is 5.84 Å². The van der Waals surface area contributed by atoms with Crippen LogP contribution in [0.15, 0.2) is 24.5 Å². The number of rotatable bonds is 4. The average Bonchev–Trinajstić information content (AvgIpc) is 2.92. The molecule has 2 heterocycles. The number of nitrogens with one attached hydrogen (secondary N) is 3. The summed E-state index contributed by atoms with van der Waals surface area (Å²) in [6.45, 7) is 1.82.